The summed E-state index contributed by atoms with van der Waals surface area (Å²) < 4.78 is 24.1. The molecule has 1 heterocycles. The molecule has 98 valence electrons. The summed E-state index contributed by atoms with van der Waals surface area (Å²) in [5.74, 6) is -0.147. The van der Waals surface area contributed by atoms with E-state index in [9.17, 15) is 13.2 Å². The van der Waals surface area contributed by atoms with Crippen LogP contribution in [-0.2, 0) is 14.6 Å². The Labute approximate surface area is 107 Å². The molecule has 1 amide bonds. The van der Waals surface area contributed by atoms with E-state index in [4.69, 9.17) is 0 Å². The number of para-hydroxylation sites is 1. The second kappa shape index (κ2) is 4.70. The molecule has 0 radical (unpaired) electrons. The number of hydrogen-bond acceptors (Lipinski definition) is 4. The molecule has 1 unspecified atom stereocenters. The van der Waals surface area contributed by atoms with Crippen LogP contribution in [0.5, 0.6) is 0 Å². The van der Waals surface area contributed by atoms with Crippen molar-refractivity contribution in [3.05, 3.63) is 24.3 Å². The van der Waals surface area contributed by atoms with Gasteiger partial charge in [0.15, 0.2) is 9.84 Å². The first-order chi connectivity index (χ1) is 8.47. The van der Waals surface area contributed by atoms with Crippen LogP contribution < -0.4 is 10.2 Å². The maximum absolute atomic E-state index is 12.1. The van der Waals surface area contributed by atoms with Gasteiger partial charge in [-0.2, -0.15) is 0 Å². The van der Waals surface area contributed by atoms with Gasteiger partial charge in [0.1, 0.15) is 0 Å². The van der Waals surface area contributed by atoms with Crippen LogP contribution in [0.3, 0.4) is 0 Å². The van der Waals surface area contributed by atoms with E-state index in [0.29, 0.717) is 5.69 Å². The highest BCUT2D eigenvalue weighted by molar-refractivity contribution is 7.91. The first-order valence-electron chi connectivity index (χ1n) is 5.76. The molecule has 0 aliphatic carbocycles. The SMILES string of the molecule is CNCC(=O)N1c2ccccc2S(=O)(=O)CC1C. The van der Waals surface area contributed by atoms with Crippen molar-refractivity contribution in [3.8, 4) is 0 Å². The molecule has 0 bridgehead atoms. The number of benzene rings is 1. The standard InChI is InChI=1S/C12H16N2O3S/c1-9-8-18(16,17)11-6-4-3-5-10(11)14(9)12(15)7-13-2/h3-6,9,13H,7-8H2,1-2H3. The van der Waals surface area contributed by atoms with Crippen LogP contribution in [0.1, 0.15) is 6.92 Å². The summed E-state index contributed by atoms with van der Waals surface area (Å²) in [6.07, 6.45) is 0. The van der Waals surface area contributed by atoms with Gasteiger partial charge in [-0.15, -0.1) is 0 Å². The molecule has 6 heteroatoms. The lowest BCUT2D eigenvalue weighted by Crippen LogP contribution is -2.49. The molecule has 1 aliphatic heterocycles. The zero-order valence-electron chi connectivity index (χ0n) is 10.4. The van der Waals surface area contributed by atoms with E-state index in [2.05, 4.69) is 5.32 Å². The van der Waals surface area contributed by atoms with Crippen LogP contribution in [0.15, 0.2) is 29.2 Å². The number of carbonyl (C=O) groups excluding carboxylic acids is 1. The minimum atomic E-state index is -3.29. The summed E-state index contributed by atoms with van der Waals surface area (Å²) in [4.78, 5) is 13.9. The molecule has 1 aromatic rings. The number of carbonyl (C=O) groups is 1. The van der Waals surface area contributed by atoms with Crippen molar-refractivity contribution in [2.24, 2.45) is 0 Å². The van der Waals surface area contributed by atoms with Gasteiger partial charge < -0.3 is 10.2 Å². The highest BCUT2D eigenvalue weighted by atomic mass is 32.2. The Morgan fingerprint density at radius 2 is 2.11 bits per heavy atom. The first kappa shape index (κ1) is 13.0. The highest BCUT2D eigenvalue weighted by Crippen LogP contribution is 2.33. The number of fused-ring (bicyclic) bond motifs is 1. The van der Waals surface area contributed by atoms with Crippen LogP contribution in [-0.4, -0.2) is 39.7 Å². The number of nitrogens with one attached hydrogen (secondary N) is 1. The molecule has 1 atom stereocenters. The zero-order valence-corrected chi connectivity index (χ0v) is 11.2. The Hall–Kier alpha value is -1.40. The van der Waals surface area contributed by atoms with Gasteiger partial charge >= 0.3 is 0 Å². The summed E-state index contributed by atoms with van der Waals surface area (Å²) >= 11 is 0. The number of hydrogen-bond donors (Lipinski definition) is 1. The van der Waals surface area contributed by atoms with Crippen molar-refractivity contribution in [2.75, 3.05) is 24.2 Å². The molecule has 18 heavy (non-hydrogen) atoms. The smallest absolute Gasteiger partial charge is 0.241 e. The topological polar surface area (TPSA) is 66.5 Å². The Kier molecular flexibility index (Phi) is 3.41. The maximum atomic E-state index is 12.1. The highest BCUT2D eigenvalue weighted by Gasteiger charge is 2.35. The summed E-state index contributed by atoms with van der Waals surface area (Å²) in [5.41, 5.74) is 0.483. The fraction of sp³-hybridized carbons (Fsp3) is 0.417. The molecule has 5 nitrogen and oxygen atoms in total. The normalized spacial score (nSPS) is 21.4. The van der Waals surface area contributed by atoms with E-state index in [-0.39, 0.29) is 29.1 Å². The number of anilines is 1. The minimum Gasteiger partial charge on any atom is -0.311 e. The predicted octanol–water partition coefficient (Wildman–Crippen LogP) is 0.415. The lowest BCUT2D eigenvalue weighted by molar-refractivity contribution is -0.118. The third kappa shape index (κ3) is 2.13. The molecule has 0 saturated carbocycles. The number of rotatable bonds is 2. The van der Waals surface area contributed by atoms with Crippen molar-refractivity contribution >= 4 is 21.4 Å². The number of sulfone groups is 1. The van der Waals surface area contributed by atoms with Gasteiger partial charge in [-0.05, 0) is 26.1 Å². The largest absolute Gasteiger partial charge is 0.311 e. The average Bonchev–Trinajstić information content (AvgIpc) is 2.28. The van der Waals surface area contributed by atoms with Crippen LogP contribution in [0.25, 0.3) is 0 Å². The summed E-state index contributed by atoms with van der Waals surface area (Å²) in [7, 11) is -1.60. The fourth-order valence-electron chi connectivity index (χ4n) is 2.26. The Balaban J connectivity index is 2.53. The van der Waals surface area contributed by atoms with Gasteiger partial charge in [-0.3, -0.25) is 4.79 Å². The Bertz CT molecular complexity index is 568. The quantitative estimate of drug-likeness (QED) is 0.844. The van der Waals surface area contributed by atoms with Crippen molar-refractivity contribution in [1.82, 2.24) is 5.32 Å². The van der Waals surface area contributed by atoms with Crippen LogP contribution in [0.4, 0.5) is 5.69 Å². The van der Waals surface area contributed by atoms with Crippen molar-refractivity contribution in [1.29, 1.82) is 0 Å². The molecule has 2 rings (SSSR count). The molecule has 0 fully saturated rings. The van der Waals surface area contributed by atoms with E-state index in [0.717, 1.165) is 0 Å². The number of likely N-dealkylation sites (N-methyl/N-ethyl adjacent to an activating group) is 1. The molecule has 1 aromatic carbocycles. The Morgan fingerprint density at radius 3 is 2.78 bits per heavy atom. The summed E-state index contributed by atoms with van der Waals surface area (Å²) in [6.45, 7) is 1.94. The molecular weight excluding hydrogens is 252 g/mol. The summed E-state index contributed by atoms with van der Waals surface area (Å²) in [6, 6.07) is 6.30. The van der Waals surface area contributed by atoms with Crippen molar-refractivity contribution in [2.45, 2.75) is 17.9 Å². The third-order valence-electron chi connectivity index (χ3n) is 2.96. The number of amides is 1. The van der Waals surface area contributed by atoms with Crippen LogP contribution >= 0.6 is 0 Å². The van der Waals surface area contributed by atoms with Gasteiger partial charge in [0.2, 0.25) is 5.91 Å². The minimum absolute atomic E-state index is 0.0283. The second-order valence-corrected chi connectivity index (χ2v) is 6.39. The summed E-state index contributed by atoms with van der Waals surface area (Å²) in [5, 5.41) is 2.80. The maximum Gasteiger partial charge on any atom is 0.241 e. The zero-order chi connectivity index (χ0) is 13.3. The van der Waals surface area contributed by atoms with Gasteiger partial charge in [0.25, 0.3) is 0 Å². The first-order valence-corrected chi connectivity index (χ1v) is 7.41. The second-order valence-electron chi connectivity index (χ2n) is 4.39. The van der Waals surface area contributed by atoms with E-state index in [1.165, 1.54) is 0 Å². The van der Waals surface area contributed by atoms with Gasteiger partial charge in [-0.1, -0.05) is 12.1 Å². The van der Waals surface area contributed by atoms with Crippen molar-refractivity contribution in [3.63, 3.8) is 0 Å². The van der Waals surface area contributed by atoms with Gasteiger partial charge in [0.05, 0.1) is 22.9 Å². The van der Waals surface area contributed by atoms with E-state index >= 15 is 0 Å². The van der Waals surface area contributed by atoms with E-state index in [1.54, 1.807) is 43.1 Å². The molecular formula is C12H16N2O3S. The lowest BCUT2D eigenvalue weighted by Gasteiger charge is -2.34. The molecule has 0 aromatic heterocycles. The van der Waals surface area contributed by atoms with Crippen molar-refractivity contribution < 1.29 is 13.2 Å². The Morgan fingerprint density at radius 1 is 1.44 bits per heavy atom. The molecule has 1 N–H and O–H groups in total. The monoisotopic (exact) mass is 268 g/mol. The molecule has 0 saturated heterocycles. The fourth-order valence-corrected chi connectivity index (χ4v) is 3.99. The lowest BCUT2D eigenvalue weighted by atomic mass is 10.2. The average molecular weight is 268 g/mol. The van der Waals surface area contributed by atoms with E-state index in [1.807, 2.05) is 0 Å². The number of nitrogens with zero attached hydrogens (tertiary/aromatic N) is 1. The third-order valence-corrected chi connectivity index (χ3v) is 4.89. The van der Waals surface area contributed by atoms with Gasteiger partial charge in [-0.25, -0.2) is 8.42 Å². The van der Waals surface area contributed by atoms with Crippen LogP contribution in [0.2, 0.25) is 0 Å². The predicted molar refractivity (Wildman–Crippen MR) is 69.4 cm³/mol. The molecule has 0 spiro atoms. The van der Waals surface area contributed by atoms with Gasteiger partial charge in [0, 0.05) is 6.04 Å². The van der Waals surface area contributed by atoms with E-state index < -0.39 is 9.84 Å². The molecule has 1 aliphatic rings. The van der Waals surface area contributed by atoms with Crippen LogP contribution in [0, 0.1) is 0 Å².